The van der Waals surface area contributed by atoms with Crippen molar-refractivity contribution in [3.05, 3.63) is 23.8 Å². The molecule has 16 heavy (non-hydrogen) atoms. The number of phenols is 1. The second kappa shape index (κ2) is 3.64. The number of aliphatic hydroxyl groups excluding tert-OH is 1. The summed E-state index contributed by atoms with van der Waals surface area (Å²) in [7, 11) is 0. The summed E-state index contributed by atoms with van der Waals surface area (Å²) in [6.07, 6.45) is 1.51. The van der Waals surface area contributed by atoms with Crippen LogP contribution >= 0.6 is 0 Å². The number of aromatic hydroxyl groups is 1. The number of benzene rings is 1. The van der Waals surface area contributed by atoms with Gasteiger partial charge in [-0.2, -0.15) is 0 Å². The van der Waals surface area contributed by atoms with Crippen LogP contribution in [0.25, 0.3) is 0 Å². The van der Waals surface area contributed by atoms with Gasteiger partial charge in [0.1, 0.15) is 18.1 Å². The van der Waals surface area contributed by atoms with Gasteiger partial charge in [0.15, 0.2) is 0 Å². The fourth-order valence-electron chi connectivity index (χ4n) is 2.35. The molecule has 0 amide bonds. The second-order valence-electron chi connectivity index (χ2n) is 4.57. The molecular formula is C12H15NO3. The zero-order valence-electron chi connectivity index (χ0n) is 8.89. The molecule has 1 saturated carbocycles. The summed E-state index contributed by atoms with van der Waals surface area (Å²) in [5, 5.41) is 22.0. The summed E-state index contributed by atoms with van der Waals surface area (Å²) in [6.45, 7) is 0.603. The standard InChI is InChI=1S/C12H15NO3/c14-8-1-2-10-11(6-16-12(10)5-8)13-7-3-9(15)4-7/h1-2,5,7,9,11,13-15H,3-4,6H2. The van der Waals surface area contributed by atoms with Crippen molar-refractivity contribution < 1.29 is 14.9 Å². The van der Waals surface area contributed by atoms with Crippen molar-refractivity contribution >= 4 is 0 Å². The highest BCUT2D eigenvalue weighted by molar-refractivity contribution is 5.44. The molecule has 3 N–H and O–H groups in total. The lowest BCUT2D eigenvalue weighted by molar-refractivity contribution is 0.0562. The van der Waals surface area contributed by atoms with Crippen molar-refractivity contribution in [2.24, 2.45) is 0 Å². The third kappa shape index (κ3) is 1.64. The SMILES string of the molecule is Oc1ccc2c(c1)OCC2NC1CC(O)C1. The number of nitrogens with one attached hydrogen (secondary N) is 1. The van der Waals surface area contributed by atoms with E-state index in [4.69, 9.17) is 4.74 Å². The normalized spacial score (nSPS) is 31.7. The van der Waals surface area contributed by atoms with E-state index in [1.165, 1.54) is 0 Å². The predicted octanol–water partition coefficient (Wildman–Crippen LogP) is 0.939. The topological polar surface area (TPSA) is 61.7 Å². The van der Waals surface area contributed by atoms with Gasteiger partial charge in [0.25, 0.3) is 0 Å². The van der Waals surface area contributed by atoms with Crippen molar-refractivity contribution in [3.8, 4) is 11.5 Å². The minimum absolute atomic E-state index is 0.140. The van der Waals surface area contributed by atoms with Crippen LogP contribution in [0.2, 0.25) is 0 Å². The number of aliphatic hydroxyl groups is 1. The Kier molecular flexibility index (Phi) is 2.26. The van der Waals surface area contributed by atoms with Gasteiger partial charge in [0.05, 0.1) is 12.1 Å². The summed E-state index contributed by atoms with van der Waals surface area (Å²) in [6, 6.07) is 5.80. The number of phenolic OH excluding ortho intramolecular Hbond substituents is 1. The van der Waals surface area contributed by atoms with E-state index < -0.39 is 0 Å². The summed E-state index contributed by atoms with van der Waals surface area (Å²) in [5.74, 6) is 0.996. The van der Waals surface area contributed by atoms with Crippen LogP contribution in [0.15, 0.2) is 18.2 Å². The van der Waals surface area contributed by atoms with Crippen LogP contribution < -0.4 is 10.1 Å². The molecule has 1 heterocycles. The molecule has 2 aliphatic rings. The molecule has 1 aliphatic heterocycles. The quantitative estimate of drug-likeness (QED) is 0.695. The first-order valence-corrected chi connectivity index (χ1v) is 5.62. The molecular weight excluding hydrogens is 206 g/mol. The summed E-state index contributed by atoms with van der Waals surface area (Å²) in [4.78, 5) is 0. The predicted molar refractivity (Wildman–Crippen MR) is 58.5 cm³/mol. The van der Waals surface area contributed by atoms with E-state index in [9.17, 15) is 10.2 Å². The fourth-order valence-corrected chi connectivity index (χ4v) is 2.35. The maximum atomic E-state index is 9.32. The van der Waals surface area contributed by atoms with Crippen molar-refractivity contribution in [3.63, 3.8) is 0 Å². The zero-order chi connectivity index (χ0) is 11.1. The molecule has 1 aromatic carbocycles. The van der Waals surface area contributed by atoms with Gasteiger partial charge >= 0.3 is 0 Å². The smallest absolute Gasteiger partial charge is 0.127 e. The summed E-state index contributed by atoms with van der Waals surface area (Å²) >= 11 is 0. The summed E-state index contributed by atoms with van der Waals surface area (Å²) in [5.41, 5.74) is 1.10. The molecule has 1 unspecified atom stereocenters. The van der Waals surface area contributed by atoms with E-state index in [0.717, 1.165) is 24.2 Å². The Bertz CT molecular complexity index is 401. The van der Waals surface area contributed by atoms with E-state index in [1.807, 2.05) is 6.07 Å². The Labute approximate surface area is 93.9 Å². The van der Waals surface area contributed by atoms with Crippen LogP contribution in [0.1, 0.15) is 24.4 Å². The first-order chi connectivity index (χ1) is 7.72. The molecule has 4 nitrogen and oxygen atoms in total. The molecule has 4 heteroatoms. The third-order valence-corrected chi connectivity index (χ3v) is 3.33. The van der Waals surface area contributed by atoms with Crippen molar-refractivity contribution in [2.45, 2.75) is 31.0 Å². The lowest BCUT2D eigenvalue weighted by atomic mass is 9.88. The van der Waals surface area contributed by atoms with E-state index in [1.54, 1.807) is 12.1 Å². The lowest BCUT2D eigenvalue weighted by Crippen LogP contribution is -2.45. The minimum atomic E-state index is -0.140. The Morgan fingerprint density at radius 2 is 2.12 bits per heavy atom. The monoisotopic (exact) mass is 221 g/mol. The molecule has 86 valence electrons. The minimum Gasteiger partial charge on any atom is -0.508 e. The number of ether oxygens (including phenoxy) is 1. The largest absolute Gasteiger partial charge is 0.508 e. The molecule has 1 aromatic rings. The number of hydrogen-bond donors (Lipinski definition) is 3. The molecule has 1 atom stereocenters. The van der Waals surface area contributed by atoms with Crippen LogP contribution in [0, 0.1) is 0 Å². The number of rotatable bonds is 2. The Morgan fingerprint density at radius 1 is 1.31 bits per heavy atom. The van der Waals surface area contributed by atoms with E-state index >= 15 is 0 Å². The van der Waals surface area contributed by atoms with E-state index in [0.29, 0.717) is 12.6 Å². The van der Waals surface area contributed by atoms with Gasteiger partial charge in [-0.05, 0) is 25.0 Å². The van der Waals surface area contributed by atoms with Crippen LogP contribution in [-0.2, 0) is 0 Å². The molecule has 0 bridgehead atoms. The van der Waals surface area contributed by atoms with Gasteiger partial charge in [-0.1, -0.05) is 0 Å². The van der Waals surface area contributed by atoms with Crippen LogP contribution in [0.3, 0.4) is 0 Å². The van der Waals surface area contributed by atoms with Gasteiger partial charge in [-0.3, -0.25) is 0 Å². The highest BCUT2D eigenvalue weighted by Crippen LogP contribution is 2.36. The Balaban J connectivity index is 1.71. The average molecular weight is 221 g/mol. The lowest BCUT2D eigenvalue weighted by Gasteiger charge is -2.34. The Hall–Kier alpha value is -1.26. The average Bonchev–Trinajstić information content (AvgIpc) is 2.58. The molecule has 0 radical (unpaired) electrons. The molecule has 0 aromatic heterocycles. The van der Waals surface area contributed by atoms with Gasteiger partial charge in [0, 0.05) is 17.7 Å². The number of fused-ring (bicyclic) bond motifs is 1. The van der Waals surface area contributed by atoms with Gasteiger partial charge < -0.3 is 20.3 Å². The number of hydrogen-bond acceptors (Lipinski definition) is 4. The third-order valence-electron chi connectivity index (χ3n) is 3.33. The highest BCUT2D eigenvalue weighted by atomic mass is 16.5. The first-order valence-electron chi connectivity index (χ1n) is 5.62. The second-order valence-corrected chi connectivity index (χ2v) is 4.57. The fraction of sp³-hybridized carbons (Fsp3) is 0.500. The van der Waals surface area contributed by atoms with E-state index in [-0.39, 0.29) is 17.9 Å². The van der Waals surface area contributed by atoms with E-state index in [2.05, 4.69) is 5.32 Å². The molecule has 1 fully saturated rings. The Morgan fingerprint density at radius 3 is 2.88 bits per heavy atom. The van der Waals surface area contributed by atoms with Crippen LogP contribution in [0.5, 0.6) is 11.5 Å². The van der Waals surface area contributed by atoms with Crippen molar-refractivity contribution in [1.82, 2.24) is 5.32 Å². The molecule has 1 aliphatic carbocycles. The summed E-state index contributed by atoms with van der Waals surface area (Å²) < 4.78 is 5.50. The van der Waals surface area contributed by atoms with Gasteiger partial charge in [0.2, 0.25) is 0 Å². The molecule has 0 spiro atoms. The highest BCUT2D eigenvalue weighted by Gasteiger charge is 2.32. The maximum Gasteiger partial charge on any atom is 0.127 e. The van der Waals surface area contributed by atoms with Gasteiger partial charge in [-0.25, -0.2) is 0 Å². The van der Waals surface area contributed by atoms with Crippen LogP contribution in [-0.4, -0.2) is 29.0 Å². The maximum absolute atomic E-state index is 9.32. The molecule has 3 rings (SSSR count). The van der Waals surface area contributed by atoms with Crippen LogP contribution in [0.4, 0.5) is 0 Å². The zero-order valence-corrected chi connectivity index (χ0v) is 8.89. The van der Waals surface area contributed by atoms with Crippen molar-refractivity contribution in [2.75, 3.05) is 6.61 Å². The van der Waals surface area contributed by atoms with Gasteiger partial charge in [-0.15, -0.1) is 0 Å². The first kappa shape index (κ1) is 9.93. The van der Waals surface area contributed by atoms with Crippen molar-refractivity contribution in [1.29, 1.82) is 0 Å². The molecule has 0 saturated heterocycles.